The molecule has 8 rings (SSSR count). The van der Waals surface area contributed by atoms with Gasteiger partial charge in [-0.05, 0) is 37.1 Å². The van der Waals surface area contributed by atoms with Crippen LogP contribution in [0.3, 0.4) is 0 Å². The van der Waals surface area contributed by atoms with Gasteiger partial charge >= 0.3 is 0 Å². The zero-order valence-electron chi connectivity index (χ0n) is 18.5. The smallest absolute Gasteiger partial charge is 0.235 e. The van der Waals surface area contributed by atoms with Crippen LogP contribution in [0.25, 0.3) is 64.6 Å². The molecule has 0 aromatic carbocycles. The lowest BCUT2D eigenvalue weighted by Crippen LogP contribution is -2.12. The minimum atomic E-state index is -0.491. The van der Waals surface area contributed by atoms with E-state index in [1.165, 1.54) is 17.5 Å². The zero-order chi connectivity index (χ0) is 24.0. The molecule has 36 heavy (non-hydrogen) atoms. The molecule has 1 aliphatic carbocycles. The summed E-state index contributed by atoms with van der Waals surface area (Å²) in [6.45, 7) is 0. The van der Waals surface area contributed by atoms with Gasteiger partial charge in [-0.15, -0.1) is 11.3 Å². The van der Waals surface area contributed by atoms with Crippen LogP contribution in [0.5, 0.6) is 0 Å². The largest absolute Gasteiger partial charge is 0.336 e. The second-order valence-corrected chi connectivity index (χ2v) is 10.0. The number of carbonyl (C=O) groups excluding carboxylic acids is 1. The number of imidazole rings is 1. The van der Waals surface area contributed by atoms with Gasteiger partial charge in [-0.25, -0.2) is 14.4 Å². The molecule has 0 saturated heterocycles. The summed E-state index contributed by atoms with van der Waals surface area (Å²) < 4.78 is 18.6. The van der Waals surface area contributed by atoms with Crippen LogP contribution in [0.15, 0.2) is 49.1 Å². The van der Waals surface area contributed by atoms with Crippen molar-refractivity contribution in [2.45, 2.75) is 12.8 Å². The molecule has 0 unspecified atom stereocenters. The first-order chi connectivity index (χ1) is 17.7. The predicted octanol–water partition coefficient (Wildman–Crippen LogP) is 5.41. The second-order valence-electron chi connectivity index (χ2n) is 8.94. The summed E-state index contributed by atoms with van der Waals surface area (Å²) in [5.41, 5.74) is 3.68. The number of nitrogens with zero attached hydrogens (tertiary/aromatic N) is 6. The van der Waals surface area contributed by atoms with E-state index >= 15 is 4.39 Å². The molecule has 9 nitrogen and oxygen atoms in total. The Morgan fingerprint density at radius 3 is 2.86 bits per heavy atom. The fourth-order valence-corrected chi connectivity index (χ4v) is 5.73. The molecule has 0 radical (unpaired) electrons. The topological polar surface area (TPSA) is 118 Å². The third-order valence-corrected chi connectivity index (χ3v) is 7.71. The minimum absolute atomic E-state index is 0.00561. The highest BCUT2D eigenvalue weighted by Gasteiger charge is 2.31. The van der Waals surface area contributed by atoms with Gasteiger partial charge in [0.1, 0.15) is 27.2 Å². The van der Waals surface area contributed by atoms with Gasteiger partial charge in [-0.3, -0.25) is 24.4 Å². The molecule has 0 aliphatic heterocycles. The normalized spacial score (nSPS) is 14.0. The summed E-state index contributed by atoms with van der Waals surface area (Å²) in [7, 11) is 0. The standard InChI is InChI=1S/C25H15FN8OS/c26-19-14-10-29-23-18(19)22(32-33-23)24-30-15-5-6-28-21(20(15)31-24)16-3-4-17(36-16)34(25(35)11-1-2-11)13-7-12(14)8-27-9-13/h3-11H,1-2H2,(H,30,31)(H,29,32,33). The Bertz CT molecular complexity index is 2110. The molecule has 0 atom stereocenters. The van der Waals surface area contributed by atoms with E-state index in [1.807, 2.05) is 18.2 Å². The Labute approximate surface area is 204 Å². The summed E-state index contributed by atoms with van der Waals surface area (Å²) in [6, 6.07) is 7.46. The number of aromatic amines is 2. The second kappa shape index (κ2) is 7.01. The highest BCUT2D eigenvalue weighted by Crippen LogP contribution is 2.34. The molecule has 7 heterocycles. The van der Waals surface area contributed by atoms with E-state index in [2.05, 4.69) is 30.1 Å². The van der Waals surface area contributed by atoms with Gasteiger partial charge in [0.2, 0.25) is 5.91 Å². The van der Waals surface area contributed by atoms with Crippen molar-refractivity contribution >= 4 is 81.8 Å². The summed E-state index contributed by atoms with van der Waals surface area (Å²) in [4.78, 5) is 35.6. The van der Waals surface area contributed by atoms with Gasteiger partial charge in [0.05, 0.1) is 27.3 Å². The first-order valence-corrected chi connectivity index (χ1v) is 12.2. The number of rotatable bonds is 1. The number of hydrogen-bond acceptors (Lipinski definition) is 7. The number of aromatic nitrogens is 8. The van der Waals surface area contributed by atoms with Crippen molar-refractivity contribution < 1.29 is 9.18 Å². The van der Waals surface area contributed by atoms with Crippen molar-refractivity contribution in [1.29, 1.82) is 0 Å². The fourth-order valence-electron chi connectivity index (χ4n) is 4.70. The van der Waals surface area contributed by atoms with Crippen LogP contribution in [0.4, 0.5) is 4.39 Å². The van der Waals surface area contributed by atoms with Crippen molar-refractivity contribution in [2.24, 2.45) is 5.92 Å². The quantitative estimate of drug-likeness (QED) is 0.315. The summed E-state index contributed by atoms with van der Waals surface area (Å²) in [5.74, 6) is -0.514. The van der Waals surface area contributed by atoms with Crippen LogP contribution in [0.1, 0.15) is 17.6 Å². The first kappa shape index (κ1) is 19.8. The SMILES string of the molecule is O=C(C1CC1)n1c2cncc(c2)c2cnc3[nH]nc(c4nc5c(ccnc5c5ccc1s5)[nH]4)c3c2F. The molecule has 174 valence electrons. The average Bonchev–Trinajstić information content (AvgIpc) is 3.26. The number of pyridine rings is 3. The molecular formula is C25H15FN8OS. The Balaban J connectivity index is 1.67. The summed E-state index contributed by atoms with van der Waals surface area (Å²) in [6.07, 6.45) is 8.07. The highest BCUT2D eigenvalue weighted by molar-refractivity contribution is 7.24. The van der Waals surface area contributed by atoms with Crippen LogP contribution in [0.2, 0.25) is 0 Å². The lowest BCUT2D eigenvalue weighted by atomic mass is 10.2. The summed E-state index contributed by atoms with van der Waals surface area (Å²) in [5, 5.41) is 8.14. The predicted molar refractivity (Wildman–Crippen MR) is 136 cm³/mol. The Morgan fingerprint density at radius 1 is 1.06 bits per heavy atom. The maximum absolute atomic E-state index is 16.1. The molecular weight excluding hydrogens is 479 g/mol. The highest BCUT2D eigenvalue weighted by atomic mass is 32.1. The summed E-state index contributed by atoms with van der Waals surface area (Å²) >= 11 is 1.45. The van der Waals surface area contributed by atoms with E-state index in [4.69, 9.17) is 4.98 Å². The lowest BCUT2D eigenvalue weighted by molar-refractivity contribution is 0.0896. The Kier molecular flexibility index (Phi) is 3.85. The number of hydrogen-bond donors (Lipinski definition) is 2. The molecule has 1 fully saturated rings. The average molecular weight is 495 g/mol. The van der Waals surface area contributed by atoms with Crippen LogP contribution < -0.4 is 0 Å². The van der Waals surface area contributed by atoms with Crippen molar-refractivity contribution in [3.8, 4) is 0 Å². The van der Waals surface area contributed by atoms with Crippen LogP contribution in [0, 0.1) is 11.7 Å². The van der Waals surface area contributed by atoms with Gasteiger partial charge < -0.3 is 4.98 Å². The van der Waals surface area contributed by atoms with Crippen molar-refractivity contribution in [1.82, 2.24) is 39.7 Å². The van der Waals surface area contributed by atoms with Crippen LogP contribution in [-0.4, -0.2) is 45.6 Å². The van der Waals surface area contributed by atoms with Crippen molar-refractivity contribution in [2.75, 3.05) is 0 Å². The van der Waals surface area contributed by atoms with Gasteiger partial charge in [0.25, 0.3) is 0 Å². The van der Waals surface area contributed by atoms with Crippen molar-refractivity contribution in [3.63, 3.8) is 0 Å². The Hall–Kier alpha value is -4.51. The van der Waals surface area contributed by atoms with E-state index in [9.17, 15) is 4.79 Å². The number of carbonyl (C=O) groups is 1. The molecule has 0 spiro atoms. The van der Waals surface area contributed by atoms with Crippen LogP contribution >= 0.6 is 11.3 Å². The molecule has 1 saturated carbocycles. The fraction of sp³-hybridized carbons (Fsp3) is 0.120. The van der Waals surface area contributed by atoms with Crippen molar-refractivity contribution in [3.05, 3.63) is 54.9 Å². The third-order valence-electron chi connectivity index (χ3n) is 6.64. The van der Waals surface area contributed by atoms with Gasteiger partial charge in [0, 0.05) is 35.3 Å². The van der Waals surface area contributed by atoms with Gasteiger partial charge in [0.15, 0.2) is 11.3 Å². The molecule has 7 aromatic rings. The number of halogens is 1. The third kappa shape index (κ3) is 2.74. The van der Waals surface area contributed by atoms with E-state index in [0.29, 0.717) is 38.7 Å². The minimum Gasteiger partial charge on any atom is -0.336 e. The monoisotopic (exact) mass is 494 g/mol. The number of H-pyrrole nitrogens is 2. The van der Waals surface area contributed by atoms with Gasteiger partial charge in [-0.1, -0.05) is 0 Å². The Morgan fingerprint density at radius 2 is 1.97 bits per heavy atom. The molecule has 11 heteroatoms. The lowest BCUT2D eigenvalue weighted by Gasteiger charge is -2.07. The van der Waals surface area contributed by atoms with Gasteiger partial charge in [-0.2, -0.15) is 5.10 Å². The molecule has 2 N–H and O–H groups in total. The van der Waals surface area contributed by atoms with Crippen LogP contribution in [-0.2, 0) is 0 Å². The molecule has 0 amide bonds. The maximum Gasteiger partial charge on any atom is 0.235 e. The van der Waals surface area contributed by atoms with E-state index in [0.717, 1.165) is 27.9 Å². The molecule has 7 aromatic heterocycles. The molecule has 1 aliphatic rings. The number of fused-ring (bicyclic) bond motifs is 9. The van der Waals surface area contributed by atoms with E-state index < -0.39 is 5.82 Å². The maximum atomic E-state index is 16.1. The number of thiophene rings is 1. The van der Waals surface area contributed by atoms with E-state index in [1.54, 1.807) is 29.2 Å². The first-order valence-electron chi connectivity index (χ1n) is 11.4. The number of nitrogens with one attached hydrogen (secondary N) is 2. The molecule has 8 bridgehead atoms. The zero-order valence-corrected chi connectivity index (χ0v) is 19.3. The van der Waals surface area contributed by atoms with E-state index in [-0.39, 0.29) is 22.6 Å².